The van der Waals surface area contributed by atoms with Gasteiger partial charge in [0.25, 0.3) is 5.56 Å². The number of ether oxygens (including phenoxy) is 6. The van der Waals surface area contributed by atoms with Gasteiger partial charge in [0.2, 0.25) is 29.5 Å². The van der Waals surface area contributed by atoms with Gasteiger partial charge in [-0.1, -0.05) is 13.8 Å². The Hall–Kier alpha value is -5.91. The first-order chi connectivity index (χ1) is 33.5. The van der Waals surface area contributed by atoms with Crippen LogP contribution in [0.3, 0.4) is 0 Å². The summed E-state index contributed by atoms with van der Waals surface area (Å²) >= 11 is 0. The van der Waals surface area contributed by atoms with Crippen molar-refractivity contribution < 1.29 is 66.7 Å². The molecule has 2 aliphatic heterocycles. The number of aromatic nitrogens is 2. The number of primary amides is 1. The standard InChI is InChI=1S/C48H64FN7O14/c1-6-11-65-13-15-67-17-19-69-20-18-68-16-14-66-12-10-39(58)51-27(4)43(59)52-28(5)44(60)55-36(23-38(50)57)45(61)54-34-9-8-29-26(3)33(49)22-35-40(29)41(34)30-24-56-37(42(30)53-35)21-32-31(46(56)62)25-70-47(63)48(32,64)7-2/h21-22,27-28,34,36,64H,6-20,23-25H2,1-5H3,(H2,50,57)(H,51,58)(H,52,59)(H,54,61)(H,55,60)/t27-,28-,34-,36-,48-/m0/s1. The van der Waals surface area contributed by atoms with Gasteiger partial charge < -0.3 is 65.1 Å². The van der Waals surface area contributed by atoms with Gasteiger partial charge in [0.15, 0.2) is 5.60 Å². The quantitative estimate of drug-likeness (QED) is 0.0357. The van der Waals surface area contributed by atoms with Crippen LogP contribution in [0.1, 0.15) is 99.2 Å². The summed E-state index contributed by atoms with van der Waals surface area (Å²) in [4.78, 5) is 97.1. The molecule has 0 radical (unpaired) electrons. The van der Waals surface area contributed by atoms with E-state index in [4.69, 9.17) is 39.1 Å². The zero-order valence-electron chi connectivity index (χ0n) is 40.3. The van der Waals surface area contributed by atoms with Gasteiger partial charge in [-0.25, -0.2) is 14.2 Å². The number of cyclic esters (lactones) is 1. The molecule has 4 heterocycles. The van der Waals surface area contributed by atoms with Crippen molar-refractivity contribution in [2.24, 2.45) is 5.73 Å². The molecule has 3 aromatic rings. The van der Waals surface area contributed by atoms with Crippen LogP contribution in [0.15, 0.2) is 16.9 Å². The molecule has 1 aromatic carbocycles. The van der Waals surface area contributed by atoms with Crippen LogP contribution in [0.25, 0.3) is 22.3 Å². The van der Waals surface area contributed by atoms with Gasteiger partial charge in [-0.15, -0.1) is 0 Å². The van der Waals surface area contributed by atoms with Crippen LogP contribution in [0, 0.1) is 12.7 Å². The molecule has 2 aromatic heterocycles. The number of benzene rings is 1. The average molecular weight is 982 g/mol. The van der Waals surface area contributed by atoms with Gasteiger partial charge in [0.1, 0.15) is 30.5 Å². The number of carbonyl (C=O) groups is 6. The highest BCUT2D eigenvalue weighted by Crippen LogP contribution is 2.46. The van der Waals surface area contributed by atoms with E-state index in [0.717, 1.165) is 6.42 Å². The molecule has 22 heteroatoms. The lowest BCUT2D eigenvalue weighted by Crippen LogP contribution is -2.56. The summed E-state index contributed by atoms with van der Waals surface area (Å²) in [7, 11) is 0. The van der Waals surface area contributed by atoms with E-state index in [1.807, 2.05) is 6.92 Å². The first kappa shape index (κ1) is 53.4. The summed E-state index contributed by atoms with van der Waals surface area (Å²) in [5.41, 5.74) is 6.14. The molecule has 5 atom stereocenters. The fraction of sp³-hybridized carbons (Fsp3) is 0.583. The zero-order chi connectivity index (χ0) is 50.7. The number of fused-ring (bicyclic) bond motifs is 5. The Morgan fingerprint density at radius 1 is 0.857 bits per heavy atom. The van der Waals surface area contributed by atoms with Gasteiger partial charge in [0, 0.05) is 35.6 Å². The molecule has 7 N–H and O–H groups in total. The molecular weight excluding hydrogens is 918 g/mol. The predicted molar refractivity (Wildman–Crippen MR) is 248 cm³/mol. The van der Waals surface area contributed by atoms with Crippen LogP contribution in [-0.4, -0.2) is 134 Å². The van der Waals surface area contributed by atoms with E-state index >= 15 is 4.39 Å². The first-order valence-electron chi connectivity index (χ1n) is 23.7. The first-order valence-corrected chi connectivity index (χ1v) is 23.7. The van der Waals surface area contributed by atoms with Gasteiger partial charge in [-0.05, 0) is 69.2 Å². The highest BCUT2D eigenvalue weighted by Gasteiger charge is 2.46. The average Bonchev–Trinajstić information content (AvgIpc) is 3.70. The number of esters is 1. The summed E-state index contributed by atoms with van der Waals surface area (Å²) in [6.07, 6.45) is 0.815. The second kappa shape index (κ2) is 24.3. The maximum Gasteiger partial charge on any atom is 0.343 e. The summed E-state index contributed by atoms with van der Waals surface area (Å²) in [5, 5.41) is 22.5. The Kier molecular flexibility index (Phi) is 18.5. The number of nitrogens with two attached hydrogens (primary N) is 1. The number of hydrogen-bond donors (Lipinski definition) is 6. The predicted octanol–water partition coefficient (Wildman–Crippen LogP) is 0.883. The molecule has 21 nitrogen and oxygen atoms in total. The van der Waals surface area contributed by atoms with Crippen molar-refractivity contribution in [3.63, 3.8) is 0 Å². The summed E-state index contributed by atoms with van der Waals surface area (Å²) in [5.74, 6) is -5.07. The number of nitrogens with zero attached hydrogens (tertiary/aromatic N) is 2. The highest BCUT2D eigenvalue weighted by atomic mass is 19.1. The number of nitrogens with one attached hydrogen (secondary N) is 4. The number of carbonyl (C=O) groups excluding carboxylic acids is 6. The molecule has 0 saturated heterocycles. The molecule has 3 aliphatic rings. The number of pyridine rings is 2. The Morgan fingerprint density at radius 2 is 1.46 bits per heavy atom. The summed E-state index contributed by atoms with van der Waals surface area (Å²) < 4.78 is 49.2. The van der Waals surface area contributed by atoms with Gasteiger partial charge in [0.05, 0.1) is 101 Å². The Balaban J connectivity index is 1.03. The molecule has 0 saturated carbocycles. The summed E-state index contributed by atoms with van der Waals surface area (Å²) in [6, 6.07) is -1.77. The lowest BCUT2D eigenvalue weighted by Gasteiger charge is -2.31. The number of hydrogen-bond acceptors (Lipinski definition) is 15. The van der Waals surface area contributed by atoms with Crippen molar-refractivity contribution in [2.45, 2.75) is 116 Å². The zero-order valence-corrected chi connectivity index (χ0v) is 40.3. The molecule has 0 fully saturated rings. The molecule has 70 heavy (non-hydrogen) atoms. The molecule has 0 bridgehead atoms. The second-order valence-electron chi connectivity index (χ2n) is 17.5. The van der Waals surface area contributed by atoms with E-state index in [0.29, 0.717) is 92.6 Å². The minimum atomic E-state index is -2.08. The van der Waals surface area contributed by atoms with Crippen LogP contribution < -0.4 is 32.6 Å². The van der Waals surface area contributed by atoms with E-state index in [-0.39, 0.29) is 68.0 Å². The molecule has 6 rings (SSSR count). The largest absolute Gasteiger partial charge is 0.458 e. The third-order valence-electron chi connectivity index (χ3n) is 12.6. The molecular formula is C48H64FN7O14. The van der Waals surface area contributed by atoms with Crippen molar-refractivity contribution in [3.8, 4) is 11.4 Å². The third-order valence-corrected chi connectivity index (χ3v) is 12.6. The molecule has 0 spiro atoms. The van der Waals surface area contributed by atoms with E-state index in [2.05, 4.69) is 21.3 Å². The number of aryl methyl sites for hydroxylation is 1. The fourth-order valence-electron chi connectivity index (χ4n) is 8.75. The van der Waals surface area contributed by atoms with Crippen molar-refractivity contribution in [2.75, 3.05) is 66.1 Å². The highest BCUT2D eigenvalue weighted by molar-refractivity contribution is 5.97. The lowest BCUT2D eigenvalue weighted by atomic mass is 9.81. The molecule has 1 aliphatic carbocycles. The van der Waals surface area contributed by atoms with E-state index in [9.17, 15) is 38.7 Å². The minimum Gasteiger partial charge on any atom is -0.458 e. The van der Waals surface area contributed by atoms with E-state index in [1.165, 1.54) is 30.5 Å². The topological polar surface area (TPSA) is 287 Å². The van der Waals surface area contributed by atoms with Crippen LogP contribution in [0.5, 0.6) is 0 Å². The number of rotatable bonds is 27. The lowest BCUT2D eigenvalue weighted by molar-refractivity contribution is -0.172. The van der Waals surface area contributed by atoms with Crippen LogP contribution in [0.4, 0.5) is 4.39 Å². The monoisotopic (exact) mass is 981 g/mol. The molecule has 0 unspecified atom stereocenters. The van der Waals surface area contributed by atoms with Crippen molar-refractivity contribution >= 4 is 46.4 Å². The maximum atomic E-state index is 15.4. The second-order valence-corrected chi connectivity index (χ2v) is 17.5. The van der Waals surface area contributed by atoms with Crippen LogP contribution in [-0.2, 0) is 82.4 Å². The normalized spacial score (nSPS) is 17.9. The van der Waals surface area contributed by atoms with Gasteiger partial charge >= 0.3 is 5.97 Å². The third kappa shape index (κ3) is 12.3. The Labute approximate surface area is 404 Å². The maximum absolute atomic E-state index is 15.4. The molecule has 382 valence electrons. The van der Waals surface area contributed by atoms with Gasteiger partial charge in [-0.3, -0.25) is 28.8 Å². The van der Waals surface area contributed by atoms with E-state index < -0.39 is 83.1 Å². The van der Waals surface area contributed by atoms with Crippen molar-refractivity contribution in [1.82, 2.24) is 30.8 Å². The van der Waals surface area contributed by atoms with Gasteiger partial charge in [-0.2, -0.15) is 0 Å². The van der Waals surface area contributed by atoms with Crippen molar-refractivity contribution in [1.29, 1.82) is 0 Å². The fourth-order valence-corrected chi connectivity index (χ4v) is 8.75. The van der Waals surface area contributed by atoms with Crippen molar-refractivity contribution in [3.05, 3.63) is 61.7 Å². The smallest absolute Gasteiger partial charge is 0.343 e. The number of amides is 5. The summed E-state index contributed by atoms with van der Waals surface area (Å²) in [6.45, 7) is 11.7. The van der Waals surface area contributed by atoms with Crippen LogP contribution >= 0.6 is 0 Å². The van der Waals surface area contributed by atoms with Crippen LogP contribution in [0.2, 0.25) is 0 Å². The SMILES string of the molecule is CCCOCCOCCOCCOCCOCCC(=O)N[C@@H](C)C(=O)N[C@@H](C)C(=O)N[C@@H](CC(N)=O)C(=O)N[C@H]1CCc2c(C)c(F)cc3nc4c(c1c23)Cn1c-4cc2c(c1=O)COC(=O)[C@]2(O)CC. The molecule has 5 amide bonds. The van der Waals surface area contributed by atoms with E-state index in [1.54, 1.807) is 13.8 Å². The number of halogens is 1. The minimum absolute atomic E-state index is 0.0123. The number of aliphatic hydroxyl groups is 1. The Morgan fingerprint density at radius 3 is 2.07 bits per heavy atom. The Bertz CT molecular complexity index is 2520.